The van der Waals surface area contributed by atoms with Crippen molar-refractivity contribution >= 4 is 116 Å². The van der Waals surface area contributed by atoms with Crippen molar-refractivity contribution in [1.82, 2.24) is 9.97 Å². The highest BCUT2D eigenvalue weighted by Gasteiger charge is 2.40. The summed E-state index contributed by atoms with van der Waals surface area (Å²) in [6, 6.07) is 43.2. The second-order valence-corrected chi connectivity index (χ2v) is 36.0. The second-order valence-electron chi connectivity index (χ2n) is 31.8. The number of halogens is 3. The van der Waals surface area contributed by atoms with Crippen molar-refractivity contribution in [2.45, 2.75) is 88.6 Å². The van der Waals surface area contributed by atoms with Crippen molar-refractivity contribution in [3.05, 3.63) is 258 Å². The molecule has 712 valence electrons. The molecule has 12 aromatic rings. The number of hydrogen-bond acceptors (Lipinski definition) is 27. The lowest BCUT2D eigenvalue weighted by molar-refractivity contribution is -0.0438. The molecule has 1 atom stereocenters. The summed E-state index contributed by atoms with van der Waals surface area (Å²) in [7, 11) is 5.10. The SMILES string of the molecule is CC(C)COc1cc(C(=O)Nc2ccc(C(=O)O)cn2)cc(-c2ccsc2)c1.CC(C)COc1cc(C(=O)O)cc(-c2ccsc2)c1.COC(=O)c1cc(O)cc(OCC(C)C)c1.COC(=O)c1cc(OCC(C)C)cc(-c2ccsc2)c1.COC(=O)c1cc(OCC(C)C)cc(OS(=O)C(F)(F)F)c1.COC(=O)c1ccc(NC(=O)c2cc(OCC(C)C)cc(-c3ccsc3)c2)nc1. The standard InChI is InChI=1S/C22H22N2O4S.C21H20N2O4S.C16H18O3S.C15H16O3S.C13H15F3O5S.C12H16O4/c1-14(2)12-28-19-9-17(16-6-7-29-13-16)8-18(10-19)21(25)24-20-5-4-15(11-23-20)22(26)27-3;1-13(2)11-27-18-8-16(15-5-6-28-12-15)7-17(9-18)20(24)23-19-4-3-14(10-22-19)21(25)26;1-11(2)9-19-15-7-13(12-4-5-20-10-12)6-14(8-15)16(17)18-3;1-10(2)8-18-14-6-12(11-3-4-19-9-11)5-13(7-14)15(16)17;1-8(2)7-20-10-4-9(12(17)19-3)5-11(6-10)21-22(18)13(14,15)16;1-8(2)7-16-11-5-9(12(14)15-3)4-10(13)6-11/h4-11,13-14H,12H2,1-3H3,(H,23,24,25);3-10,12-13H,11H2,1-2H3,(H,25,26)(H,22,23,24);4-8,10-11H,9H2,1-3H3;3-7,9-10H,8H2,1-2H3,(H,16,17);4-6,8H,7H2,1-3H3;4-6,8,13H,7H2,1-3H3. The molecule has 0 spiro atoms. The van der Waals surface area contributed by atoms with E-state index in [1.807, 2.05) is 131 Å². The topological polar surface area (TPSA) is 366 Å². The van der Waals surface area contributed by atoms with Gasteiger partial charge in [-0.05, 0) is 269 Å². The zero-order valence-corrected chi connectivity index (χ0v) is 80.7. The molecule has 0 aliphatic heterocycles. The Morgan fingerprint density at radius 2 is 0.604 bits per heavy atom. The van der Waals surface area contributed by atoms with E-state index in [0.717, 1.165) is 63.8 Å². The number of carbonyl (C=O) groups excluding carboxylic acids is 6. The summed E-state index contributed by atoms with van der Waals surface area (Å²) in [6.07, 6.45) is 2.57. The number of esters is 4. The molecule has 35 heteroatoms. The molecule has 6 aromatic heterocycles. The minimum atomic E-state index is -5.03. The average Bonchev–Trinajstić information content (AvgIpc) is 1.33. The molecule has 27 nitrogen and oxygen atoms in total. The third-order valence-corrected chi connectivity index (χ3v) is 20.8. The number of nitrogens with zero attached hydrogens (tertiary/aromatic N) is 2. The van der Waals surface area contributed by atoms with Crippen LogP contribution in [0.5, 0.6) is 46.0 Å². The van der Waals surface area contributed by atoms with E-state index in [4.69, 9.17) is 43.4 Å². The van der Waals surface area contributed by atoms with E-state index < -0.39 is 52.2 Å². The third-order valence-electron chi connectivity index (χ3n) is 17.4. The summed E-state index contributed by atoms with van der Waals surface area (Å²) in [5.41, 5.74) is 4.99. The fraction of sp³-hybridized carbons (Fsp3) is 0.293. The fourth-order valence-corrected chi connectivity index (χ4v) is 14.0. The number of aromatic carboxylic acids is 2. The van der Waals surface area contributed by atoms with Gasteiger partial charge in [0.1, 0.15) is 57.6 Å². The van der Waals surface area contributed by atoms with E-state index >= 15 is 0 Å². The molecular weight excluding hydrogens is 1830 g/mol. The average molecular weight is 1940 g/mol. The van der Waals surface area contributed by atoms with Crippen LogP contribution in [-0.2, 0) is 30.0 Å². The molecule has 5 N–H and O–H groups in total. The van der Waals surface area contributed by atoms with Gasteiger partial charge in [0.05, 0.1) is 101 Å². The first-order chi connectivity index (χ1) is 63.7. The van der Waals surface area contributed by atoms with Gasteiger partial charge >= 0.3 is 52.4 Å². The Hall–Kier alpha value is -13.5. The van der Waals surface area contributed by atoms with E-state index in [-0.39, 0.29) is 69.9 Å². The van der Waals surface area contributed by atoms with Crippen LogP contribution in [0.2, 0.25) is 0 Å². The number of carbonyl (C=O) groups is 8. The number of carboxylic acid groups (broad SMARTS) is 2. The molecule has 2 amide bonds. The summed E-state index contributed by atoms with van der Waals surface area (Å²) in [5.74, 6) is 0.685. The number of aromatic nitrogens is 2. The van der Waals surface area contributed by atoms with Gasteiger partial charge in [-0.15, -0.1) is 0 Å². The Balaban J connectivity index is 0.000000222. The van der Waals surface area contributed by atoms with Crippen LogP contribution < -0.4 is 43.2 Å². The number of phenols is 1. The molecular formula is C99H107F3N4O23S5. The van der Waals surface area contributed by atoms with E-state index in [2.05, 4.69) is 94.4 Å². The summed E-state index contributed by atoms with van der Waals surface area (Å²) < 4.78 is 104. The number of ether oxygens (including phenoxy) is 10. The Bertz CT molecular complexity index is 5810. The Morgan fingerprint density at radius 3 is 0.896 bits per heavy atom. The highest BCUT2D eigenvalue weighted by atomic mass is 32.2. The first-order valence-corrected chi connectivity index (χ1v) is 46.5. The predicted molar refractivity (Wildman–Crippen MR) is 514 cm³/mol. The van der Waals surface area contributed by atoms with E-state index in [1.165, 1.54) is 64.1 Å². The minimum Gasteiger partial charge on any atom is -0.508 e. The highest BCUT2D eigenvalue weighted by molar-refractivity contribution is 7.81. The molecule has 0 radical (unpaired) electrons. The summed E-state index contributed by atoms with van der Waals surface area (Å²) in [6.45, 7) is 27.4. The monoisotopic (exact) mass is 1940 g/mol. The van der Waals surface area contributed by atoms with Gasteiger partial charge < -0.3 is 77.5 Å². The first-order valence-electron chi connectivity index (χ1n) is 41.7. The van der Waals surface area contributed by atoms with Gasteiger partial charge in [0.25, 0.3) is 11.8 Å². The summed E-state index contributed by atoms with van der Waals surface area (Å²) >= 11 is 2.84. The maximum Gasteiger partial charge on any atom is 0.508 e. The number of phenolic OH excluding ortho intramolecular Hbond substituents is 1. The number of benzene rings is 6. The van der Waals surface area contributed by atoms with Crippen molar-refractivity contribution in [2.24, 2.45) is 35.5 Å². The molecule has 0 fully saturated rings. The third kappa shape index (κ3) is 36.9. The molecule has 6 aromatic carbocycles. The van der Waals surface area contributed by atoms with Crippen LogP contribution in [0.1, 0.15) is 166 Å². The van der Waals surface area contributed by atoms with Crippen molar-refractivity contribution in [3.63, 3.8) is 0 Å². The predicted octanol–water partition coefficient (Wildman–Crippen LogP) is 23.3. The van der Waals surface area contributed by atoms with Crippen LogP contribution in [0.3, 0.4) is 0 Å². The number of amides is 2. The summed E-state index contributed by atoms with van der Waals surface area (Å²) in [5, 5.41) is 49.0. The van der Waals surface area contributed by atoms with Crippen LogP contribution >= 0.6 is 45.3 Å². The number of nitrogens with one attached hydrogen (secondary N) is 2. The maximum atomic E-state index is 12.8. The molecule has 6 heterocycles. The van der Waals surface area contributed by atoms with Gasteiger partial charge in [0.15, 0.2) is 0 Å². The van der Waals surface area contributed by atoms with Crippen LogP contribution in [-0.4, -0.2) is 151 Å². The number of anilines is 2. The second kappa shape index (κ2) is 53.9. The van der Waals surface area contributed by atoms with E-state index in [1.54, 1.807) is 99.9 Å². The number of rotatable bonds is 34. The quantitative estimate of drug-likeness (QED) is 0.0185. The first kappa shape index (κ1) is 108. The number of alkyl halides is 3. The van der Waals surface area contributed by atoms with Crippen LogP contribution in [0.15, 0.2) is 213 Å². The van der Waals surface area contributed by atoms with Crippen molar-refractivity contribution in [1.29, 1.82) is 0 Å². The molecule has 134 heavy (non-hydrogen) atoms. The highest BCUT2D eigenvalue weighted by Crippen LogP contribution is 2.36. The molecule has 0 saturated heterocycles. The number of thiophene rings is 4. The lowest BCUT2D eigenvalue weighted by atomic mass is 10.0. The number of hydrogen-bond donors (Lipinski definition) is 5. The number of pyridine rings is 2. The zero-order valence-electron chi connectivity index (χ0n) is 76.6. The number of aromatic hydroxyl groups is 1. The lowest BCUT2D eigenvalue weighted by Gasteiger charge is -2.13. The van der Waals surface area contributed by atoms with Crippen molar-refractivity contribution in [3.8, 4) is 90.5 Å². The molecule has 12 rings (SSSR count). The zero-order chi connectivity index (χ0) is 98.3. The minimum absolute atomic E-state index is 0.0124. The van der Waals surface area contributed by atoms with Gasteiger partial charge in [-0.1, -0.05) is 83.1 Å². The maximum absolute atomic E-state index is 12.8. The van der Waals surface area contributed by atoms with Gasteiger partial charge in [-0.25, -0.2) is 42.9 Å². The van der Waals surface area contributed by atoms with Gasteiger partial charge in [-0.3, -0.25) is 9.59 Å². The lowest BCUT2D eigenvalue weighted by Crippen LogP contribution is -2.21. The molecule has 0 saturated carbocycles. The molecule has 0 aliphatic rings. The van der Waals surface area contributed by atoms with Crippen LogP contribution in [0.25, 0.3) is 44.5 Å². The largest absolute Gasteiger partial charge is 0.508 e. The number of methoxy groups -OCH3 is 4. The Labute approximate surface area is 794 Å². The molecule has 1 unspecified atom stereocenters. The van der Waals surface area contributed by atoms with Gasteiger partial charge in [0.2, 0.25) is 0 Å². The molecule has 0 bridgehead atoms. The molecule has 0 aliphatic carbocycles. The van der Waals surface area contributed by atoms with Crippen LogP contribution in [0.4, 0.5) is 24.8 Å². The normalized spacial score (nSPS) is 11.0. The Morgan fingerprint density at radius 1 is 0.336 bits per heavy atom. The number of carboxylic acids is 2. The van der Waals surface area contributed by atoms with Crippen molar-refractivity contribution < 1.29 is 123 Å². The van der Waals surface area contributed by atoms with Crippen LogP contribution in [0, 0.1) is 35.5 Å². The summed E-state index contributed by atoms with van der Waals surface area (Å²) in [4.78, 5) is 102. The Kier molecular flexibility index (Phi) is 43.2. The fourth-order valence-electron chi connectivity index (χ4n) is 11.0. The van der Waals surface area contributed by atoms with E-state index in [9.17, 15) is 60.8 Å². The van der Waals surface area contributed by atoms with Gasteiger partial charge in [-0.2, -0.15) is 58.5 Å². The van der Waals surface area contributed by atoms with E-state index in [0.29, 0.717) is 119 Å². The van der Waals surface area contributed by atoms with Gasteiger partial charge in [0, 0.05) is 35.7 Å². The smallest absolute Gasteiger partial charge is 0.508 e. The van der Waals surface area contributed by atoms with Crippen molar-refractivity contribution in [2.75, 3.05) is 78.7 Å².